The minimum absolute atomic E-state index is 0.0906. The van der Waals surface area contributed by atoms with Crippen molar-refractivity contribution >= 4 is 11.8 Å². The summed E-state index contributed by atoms with van der Waals surface area (Å²) in [7, 11) is 0. The van der Waals surface area contributed by atoms with Crippen LogP contribution in [0.15, 0.2) is 30.3 Å². The van der Waals surface area contributed by atoms with Crippen molar-refractivity contribution in [3.05, 3.63) is 35.9 Å². The first-order valence-corrected chi connectivity index (χ1v) is 10.1. The minimum atomic E-state index is -0.339. The summed E-state index contributed by atoms with van der Waals surface area (Å²) in [6, 6.07) is 10.6. The van der Waals surface area contributed by atoms with E-state index in [4.69, 9.17) is 0 Å². The molecular weight excluding hydrogens is 338 g/mol. The molecule has 0 unspecified atom stereocenters. The van der Waals surface area contributed by atoms with Crippen LogP contribution < -0.4 is 5.32 Å². The van der Waals surface area contributed by atoms with Gasteiger partial charge >= 0.3 is 0 Å². The van der Waals surface area contributed by atoms with Gasteiger partial charge in [0, 0.05) is 43.6 Å². The van der Waals surface area contributed by atoms with Crippen molar-refractivity contribution in [2.24, 2.45) is 5.41 Å². The van der Waals surface area contributed by atoms with E-state index in [9.17, 15) is 9.59 Å². The van der Waals surface area contributed by atoms with Crippen molar-refractivity contribution < 1.29 is 9.59 Å². The lowest BCUT2D eigenvalue weighted by atomic mass is 9.64. The number of benzene rings is 1. The zero-order chi connectivity index (χ0) is 19.5. The van der Waals surface area contributed by atoms with Crippen LogP contribution in [0.25, 0.3) is 0 Å². The molecule has 5 heteroatoms. The van der Waals surface area contributed by atoms with Crippen LogP contribution in [-0.4, -0.2) is 60.9 Å². The van der Waals surface area contributed by atoms with Gasteiger partial charge in [0.05, 0.1) is 6.54 Å². The number of piperazine rings is 1. The topological polar surface area (TPSA) is 52.7 Å². The van der Waals surface area contributed by atoms with Gasteiger partial charge in [-0.25, -0.2) is 0 Å². The van der Waals surface area contributed by atoms with Gasteiger partial charge in [-0.05, 0) is 18.4 Å². The Balaban J connectivity index is 1.45. The summed E-state index contributed by atoms with van der Waals surface area (Å²) in [4.78, 5) is 28.9. The van der Waals surface area contributed by atoms with Gasteiger partial charge in [-0.1, -0.05) is 57.5 Å². The molecule has 148 valence electrons. The Labute approximate surface area is 163 Å². The van der Waals surface area contributed by atoms with Crippen LogP contribution in [0.1, 0.15) is 45.6 Å². The fourth-order valence-electron chi connectivity index (χ4n) is 4.07. The third kappa shape index (κ3) is 4.70. The van der Waals surface area contributed by atoms with E-state index in [1.807, 2.05) is 31.7 Å². The second-order valence-electron chi connectivity index (χ2n) is 9.09. The molecule has 5 nitrogen and oxygen atoms in total. The summed E-state index contributed by atoms with van der Waals surface area (Å²) >= 11 is 0. The number of rotatable bonds is 5. The van der Waals surface area contributed by atoms with Crippen LogP contribution in [0, 0.1) is 5.41 Å². The molecule has 0 bridgehead atoms. The molecule has 1 aromatic carbocycles. The molecule has 0 spiro atoms. The quantitative estimate of drug-likeness (QED) is 0.865. The third-order valence-electron chi connectivity index (χ3n) is 5.99. The second kappa shape index (κ2) is 8.01. The van der Waals surface area contributed by atoms with E-state index < -0.39 is 0 Å². The van der Waals surface area contributed by atoms with E-state index in [1.165, 1.54) is 12.0 Å². The number of nitrogens with zero attached hydrogens (tertiary/aromatic N) is 2. The molecular formula is C22H33N3O2. The lowest BCUT2D eigenvalue weighted by molar-refractivity contribution is -0.141. The fraction of sp³-hybridized carbons (Fsp3) is 0.636. The molecule has 3 rings (SSSR count). The fourth-order valence-corrected chi connectivity index (χ4v) is 4.07. The summed E-state index contributed by atoms with van der Waals surface area (Å²) in [5.41, 5.74) is 1.12. The third-order valence-corrected chi connectivity index (χ3v) is 5.99. The summed E-state index contributed by atoms with van der Waals surface area (Å²) < 4.78 is 0. The first kappa shape index (κ1) is 19.9. The van der Waals surface area contributed by atoms with Crippen LogP contribution in [0.5, 0.6) is 0 Å². The molecule has 27 heavy (non-hydrogen) atoms. The Morgan fingerprint density at radius 3 is 2.19 bits per heavy atom. The van der Waals surface area contributed by atoms with Gasteiger partial charge in [0.15, 0.2) is 0 Å². The van der Waals surface area contributed by atoms with E-state index in [0.29, 0.717) is 19.6 Å². The summed E-state index contributed by atoms with van der Waals surface area (Å²) in [5, 5.41) is 3.17. The van der Waals surface area contributed by atoms with E-state index >= 15 is 0 Å². The highest BCUT2D eigenvalue weighted by Gasteiger charge is 2.38. The minimum Gasteiger partial charge on any atom is -0.354 e. The van der Waals surface area contributed by atoms with Crippen molar-refractivity contribution in [1.82, 2.24) is 15.1 Å². The molecule has 2 fully saturated rings. The first-order valence-electron chi connectivity index (χ1n) is 10.1. The smallest absolute Gasteiger partial charge is 0.234 e. The number of hydrogen-bond donors (Lipinski definition) is 1. The number of carbonyl (C=O) groups excluding carboxylic acids is 2. The number of hydrogen-bond acceptors (Lipinski definition) is 3. The second-order valence-corrected chi connectivity index (χ2v) is 9.09. The van der Waals surface area contributed by atoms with Crippen molar-refractivity contribution in [1.29, 1.82) is 0 Å². The number of carbonyl (C=O) groups is 2. The van der Waals surface area contributed by atoms with Gasteiger partial charge in [-0.3, -0.25) is 14.5 Å². The van der Waals surface area contributed by atoms with Gasteiger partial charge in [0.1, 0.15) is 0 Å². The molecule has 2 aliphatic rings. The maximum atomic E-state index is 12.5. The Morgan fingerprint density at radius 2 is 1.67 bits per heavy atom. The van der Waals surface area contributed by atoms with Crippen molar-refractivity contribution in [2.45, 2.75) is 45.4 Å². The van der Waals surface area contributed by atoms with E-state index in [0.717, 1.165) is 32.5 Å². The first-order chi connectivity index (χ1) is 12.8. The highest BCUT2D eigenvalue weighted by Crippen LogP contribution is 2.43. The lowest BCUT2D eigenvalue weighted by Gasteiger charge is -2.43. The summed E-state index contributed by atoms with van der Waals surface area (Å²) in [6.07, 6.45) is 3.52. The molecule has 1 N–H and O–H groups in total. The maximum absolute atomic E-state index is 12.5. The van der Waals surface area contributed by atoms with Crippen molar-refractivity contribution in [2.75, 3.05) is 39.3 Å². The van der Waals surface area contributed by atoms with Gasteiger partial charge < -0.3 is 10.2 Å². The number of nitrogens with one attached hydrogen (secondary N) is 1. The Morgan fingerprint density at radius 1 is 1.04 bits per heavy atom. The van der Waals surface area contributed by atoms with Gasteiger partial charge in [0.2, 0.25) is 11.8 Å². The van der Waals surface area contributed by atoms with Crippen LogP contribution in [-0.2, 0) is 15.0 Å². The molecule has 1 heterocycles. The predicted octanol–water partition coefficient (Wildman–Crippen LogP) is 2.41. The highest BCUT2D eigenvalue weighted by molar-refractivity contribution is 5.81. The molecule has 1 aliphatic heterocycles. The molecule has 1 saturated carbocycles. The Bertz CT molecular complexity index is 654. The van der Waals surface area contributed by atoms with Gasteiger partial charge in [-0.2, -0.15) is 0 Å². The lowest BCUT2D eigenvalue weighted by Crippen LogP contribution is -2.54. The highest BCUT2D eigenvalue weighted by atomic mass is 16.2. The van der Waals surface area contributed by atoms with Crippen molar-refractivity contribution in [3.63, 3.8) is 0 Å². The SMILES string of the molecule is CC(C)(C)C(=O)N1CCN(CC(=O)NCC2(c3ccccc3)CCC2)CC1. The van der Waals surface area contributed by atoms with Crippen LogP contribution in [0.2, 0.25) is 0 Å². The number of amides is 2. The van der Waals surface area contributed by atoms with E-state index in [-0.39, 0.29) is 22.6 Å². The van der Waals surface area contributed by atoms with E-state index in [1.54, 1.807) is 0 Å². The summed E-state index contributed by atoms with van der Waals surface area (Å²) in [6.45, 7) is 9.95. The predicted molar refractivity (Wildman–Crippen MR) is 107 cm³/mol. The average molecular weight is 372 g/mol. The molecule has 0 radical (unpaired) electrons. The average Bonchev–Trinajstić information content (AvgIpc) is 2.61. The van der Waals surface area contributed by atoms with Gasteiger partial charge in [0.25, 0.3) is 0 Å². The van der Waals surface area contributed by atoms with Crippen LogP contribution in [0.3, 0.4) is 0 Å². The standard InChI is InChI=1S/C22H33N3O2/c1-21(2,3)20(27)25-14-12-24(13-15-25)16-19(26)23-17-22(10-7-11-22)18-8-5-4-6-9-18/h4-6,8-9H,7,10-17H2,1-3H3,(H,23,26). The summed E-state index contributed by atoms with van der Waals surface area (Å²) in [5.74, 6) is 0.286. The largest absolute Gasteiger partial charge is 0.354 e. The molecule has 0 atom stereocenters. The normalized spacial score (nSPS) is 20.0. The zero-order valence-electron chi connectivity index (χ0n) is 17.0. The molecule has 2 amide bonds. The molecule has 1 aromatic rings. The van der Waals surface area contributed by atoms with Crippen LogP contribution >= 0.6 is 0 Å². The van der Waals surface area contributed by atoms with Crippen molar-refractivity contribution in [3.8, 4) is 0 Å². The monoisotopic (exact) mass is 371 g/mol. The molecule has 0 aromatic heterocycles. The molecule has 1 aliphatic carbocycles. The van der Waals surface area contributed by atoms with Crippen LogP contribution in [0.4, 0.5) is 0 Å². The Hall–Kier alpha value is -1.88. The Kier molecular flexibility index (Phi) is 5.89. The maximum Gasteiger partial charge on any atom is 0.234 e. The molecule has 1 saturated heterocycles. The van der Waals surface area contributed by atoms with Gasteiger partial charge in [-0.15, -0.1) is 0 Å². The zero-order valence-corrected chi connectivity index (χ0v) is 17.0. The van der Waals surface area contributed by atoms with E-state index in [2.05, 4.69) is 34.5 Å².